The number of rotatable bonds is 40. The molecule has 6 nitrogen and oxygen atoms in total. The first-order chi connectivity index (χ1) is 30.3. The highest BCUT2D eigenvalue weighted by molar-refractivity contribution is 7.80. The average molecular weight is 881 g/mol. The summed E-state index contributed by atoms with van der Waals surface area (Å²) in [7, 11) is -1.56. The van der Waals surface area contributed by atoms with Crippen LogP contribution in [0.2, 0.25) is 0 Å². The van der Waals surface area contributed by atoms with Gasteiger partial charge in [0, 0.05) is 42.0 Å². The normalized spacial score (nSPS) is 11.2. The predicted molar refractivity (Wildman–Crippen MR) is 267 cm³/mol. The van der Waals surface area contributed by atoms with E-state index in [1.807, 2.05) is 7.05 Å². The maximum atomic E-state index is 9.22. The highest BCUT2D eigenvalue weighted by Crippen LogP contribution is 2.20. The highest BCUT2D eigenvalue weighted by Gasteiger charge is 2.07. The first-order valence-corrected chi connectivity index (χ1v) is 27.5. The molecule has 0 saturated carbocycles. The number of pyridine rings is 1. The van der Waals surface area contributed by atoms with Gasteiger partial charge in [-0.2, -0.15) is 0 Å². The lowest BCUT2D eigenvalue weighted by Crippen LogP contribution is -2.25. The second-order valence-corrected chi connectivity index (χ2v) is 19.3. The largest absolute Gasteiger partial charge is 0.726 e. The number of aromatic nitrogens is 1. The fraction of sp³-hybridized carbons (Fsp3) is 0.764. The van der Waals surface area contributed by atoms with Crippen LogP contribution in [0, 0.1) is 11.8 Å². The second-order valence-electron chi connectivity index (χ2n) is 18.1. The van der Waals surface area contributed by atoms with Crippen molar-refractivity contribution in [3.8, 4) is 11.8 Å². The van der Waals surface area contributed by atoms with E-state index in [0.717, 1.165) is 18.2 Å². The SMILES string of the molecule is CCCCCCCCCCCCCCCCCCCCN(CCCCCCCCCCCCCCCCCCCC)c1ccc(C#Cc2cc[n+](C)cc2)cc1.COS(=O)(=O)[O-]. The number of anilines is 1. The van der Waals surface area contributed by atoms with Crippen LogP contribution in [0.15, 0.2) is 48.8 Å². The van der Waals surface area contributed by atoms with E-state index < -0.39 is 10.4 Å². The van der Waals surface area contributed by atoms with Crippen molar-refractivity contribution in [1.82, 2.24) is 0 Å². The smallest absolute Gasteiger partial charge is 0.217 e. The van der Waals surface area contributed by atoms with Gasteiger partial charge in [-0.05, 0) is 37.1 Å². The van der Waals surface area contributed by atoms with Gasteiger partial charge in [0.1, 0.15) is 7.05 Å². The molecule has 7 heteroatoms. The molecule has 0 unspecified atom stereocenters. The summed E-state index contributed by atoms with van der Waals surface area (Å²) in [6.07, 6.45) is 55.7. The van der Waals surface area contributed by atoms with Crippen LogP contribution in [0.4, 0.5) is 5.69 Å². The predicted octanol–water partition coefficient (Wildman–Crippen LogP) is 15.9. The van der Waals surface area contributed by atoms with Gasteiger partial charge in [-0.25, -0.2) is 13.0 Å². The maximum absolute atomic E-state index is 9.22. The van der Waals surface area contributed by atoms with Crippen molar-refractivity contribution in [2.45, 2.75) is 245 Å². The molecule has 1 aromatic heterocycles. The van der Waals surface area contributed by atoms with Crippen LogP contribution in [-0.2, 0) is 21.6 Å². The molecule has 62 heavy (non-hydrogen) atoms. The van der Waals surface area contributed by atoms with Gasteiger partial charge in [0.15, 0.2) is 12.4 Å². The van der Waals surface area contributed by atoms with E-state index >= 15 is 0 Å². The molecule has 0 aliphatic carbocycles. The van der Waals surface area contributed by atoms with Gasteiger partial charge >= 0.3 is 0 Å². The molecule has 0 spiro atoms. The molecule has 1 heterocycles. The monoisotopic (exact) mass is 881 g/mol. The molecular weight excluding hydrogens is 785 g/mol. The summed E-state index contributed by atoms with van der Waals surface area (Å²) < 4.78 is 33.1. The number of benzene rings is 1. The summed E-state index contributed by atoms with van der Waals surface area (Å²) in [5.74, 6) is 6.71. The molecule has 356 valence electrons. The van der Waals surface area contributed by atoms with Crippen molar-refractivity contribution >= 4 is 16.1 Å². The molecule has 2 aromatic rings. The van der Waals surface area contributed by atoms with Gasteiger partial charge in [-0.3, -0.25) is 4.18 Å². The molecule has 0 amide bonds. The molecule has 0 fully saturated rings. The van der Waals surface area contributed by atoms with E-state index in [-0.39, 0.29) is 0 Å². The van der Waals surface area contributed by atoms with Crippen LogP contribution < -0.4 is 9.47 Å². The van der Waals surface area contributed by atoms with Gasteiger partial charge in [0.25, 0.3) is 0 Å². The van der Waals surface area contributed by atoms with Gasteiger partial charge in [0.2, 0.25) is 10.4 Å². The van der Waals surface area contributed by atoms with E-state index in [1.54, 1.807) is 0 Å². The van der Waals surface area contributed by atoms with Crippen molar-refractivity contribution in [1.29, 1.82) is 0 Å². The van der Waals surface area contributed by atoms with Crippen molar-refractivity contribution < 1.29 is 21.7 Å². The fourth-order valence-corrected chi connectivity index (χ4v) is 8.26. The van der Waals surface area contributed by atoms with Crippen molar-refractivity contribution in [2.24, 2.45) is 7.05 Å². The average Bonchev–Trinajstić information content (AvgIpc) is 3.27. The van der Waals surface area contributed by atoms with Crippen LogP contribution in [0.1, 0.15) is 256 Å². The van der Waals surface area contributed by atoms with Crippen molar-refractivity contribution in [3.05, 3.63) is 59.9 Å². The van der Waals surface area contributed by atoms with E-state index in [9.17, 15) is 13.0 Å². The Bertz CT molecular complexity index is 1380. The Labute approximate surface area is 385 Å². The van der Waals surface area contributed by atoms with Crippen LogP contribution in [0.25, 0.3) is 0 Å². The molecular formula is C55H96N2O4S. The Hall–Kier alpha value is -2.40. The lowest BCUT2D eigenvalue weighted by molar-refractivity contribution is -0.671. The molecule has 0 N–H and O–H groups in total. The van der Waals surface area contributed by atoms with E-state index in [1.165, 1.54) is 250 Å². The number of hydrogen-bond donors (Lipinski definition) is 0. The number of unbranched alkanes of at least 4 members (excludes halogenated alkanes) is 34. The first kappa shape index (κ1) is 57.6. The zero-order valence-corrected chi connectivity index (χ0v) is 41.7. The summed E-state index contributed by atoms with van der Waals surface area (Å²) in [6.45, 7) is 6.99. The van der Waals surface area contributed by atoms with Gasteiger partial charge in [-0.1, -0.05) is 244 Å². The fourth-order valence-electron chi connectivity index (χ4n) is 8.26. The minimum atomic E-state index is -4.41. The highest BCUT2D eigenvalue weighted by atomic mass is 32.3. The molecule has 0 radical (unpaired) electrons. The minimum Gasteiger partial charge on any atom is -0.726 e. The molecule has 0 bridgehead atoms. The standard InChI is InChI=1S/C54H93N2.CH4O4S/c1-4-6-8-10-12-14-16-18-20-22-24-26-28-30-32-34-36-38-48-56(54-44-42-52(43-45-54)40-41-53-46-50-55(3)51-47-53)49-39-37-35-33-31-29-27-25-23-21-19-17-15-13-11-9-7-5-2;1-5-6(2,3)4/h42-47,50-51H,4-39,48-49H2,1-3H3;1H3,(H,2,3,4)/q+1;/p-1. The van der Waals surface area contributed by atoms with Gasteiger partial charge in [-0.15, -0.1) is 0 Å². The molecule has 0 atom stereocenters. The van der Waals surface area contributed by atoms with E-state index in [0.29, 0.717) is 0 Å². The Kier molecular flexibility index (Phi) is 39.5. The van der Waals surface area contributed by atoms with E-state index in [4.69, 9.17) is 0 Å². The Morgan fingerprint density at radius 1 is 0.452 bits per heavy atom. The molecule has 2 rings (SSSR count). The quantitative estimate of drug-likeness (QED) is 0.0219. The first-order valence-electron chi connectivity index (χ1n) is 26.1. The number of hydrogen-bond acceptors (Lipinski definition) is 5. The summed E-state index contributed by atoms with van der Waals surface area (Å²) in [5.41, 5.74) is 3.54. The van der Waals surface area contributed by atoms with Crippen molar-refractivity contribution in [2.75, 3.05) is 25.1 Å². The maximum Gasteiger partial charge on any atom is 0.217 e. The zero-order chi connectivity index (χ0) is 45.0. The molecule has 0 aliphatic rings. The lowest BCUT2D eigenvalue weighted by Gasteiger charge is -2.25. The molecule has 0 saturated heterocycles. The Morgan fingerprint density at radius 2 is 0.694 bits per heavy atom. The number of nitrogens with zero attached hydrogens (tertiary/aromatic N) is 2. The summed E-state index contributed by atoms with van der Waals surface area (Å²) in [4.78, 5) is 2.67. The third kappa shape index (κ3) is 38.1. The summed E-state index contributed by atoms with van der Waals surface area (Å²) in [5, 5.41) is 0. The lowest BCUT2D eigenvalue weighted by atomic mass is 10.0. The minimum absolute atomic E-state index is 0.808. The van der Waals surface area contributed by atoms with Crippen LogP contribution in [0.3, 0.4) is 0 Å². The topological polar surface area (TPSA) is 73.5 Å². The Balaban J connectivity index is 0.00000297. The molecule has 1 aromatic carbocycles. The summed E-state index contributed by atoms with van der Waals surface area (Å²) >= 11 is 0. The van der Waals surface area contributed by atoms with Crippen LogP contribution >= 0.6 is 0 Å². The van der Waals surface area contributed by atoms with Crippen molar-refractivity contribution in [3.63, 3.8) is 0 Å². The third-order valence-corrected chi connectivity index (χ3v) is 12.7. The summed E-state index contributed by atoms with van der Waals surface area (Å²) in [6, 6.07) is 13.3. The van der Waals surface area contributed by atoms with Crippen LogP contribution in [-0.4, -0.2) is 33.2 Å². The van der Waals surface area contributed by atoms with Gasteiger partial charge in [0.05, 0.1) is 7.11 Å². The molecule has 0 aliphatic heterocycles. The van der Waals surface area contributed by atoms with E-state index in [2.05, 4.69) is 88.1 Å². The third-order valence-electron chi connectivity index (χ3n) is 12.3. The zero-order valence-electron chi connectivity index (χ0n) is 40.9. The number of aryl methyl sites for hydroxylation is 1. The second kappa shape index (κ2) is 42.5. The van der Waals surface area contributed by atoms with Crippen LogP contribution in [0.5, 0.6) is 0 Å². The Morgan fingerprint density at radius 3 is 0.952 bits per heavy atom. The van der Waals surface area contributed by atoms with Gasteiger partial charge < -0.3 is 9.45 Å².